The van der Waals surface area contributed by atoms with Crippen LogP contribution in [0, 0.1) is 0 Å². The molecule has 1 N–H and O–H groups in total. The fraction of sp³-hybridized carbons (Fsp3) is 0.385. The summed E-state index contributed by atoms with van der Waals surface area (Å²) in [5, 5.41) is 2.99. The number of amides is 1. The number of hydrogen-bond donors (Lipinski definition) is 1. The number of rotatable bonds is 6. The maximum atomic E-state index is 11.4. The predicted octanol–water partition coefficient (Wildman–Crippen LogP) is 2.24. The number of benzene rings is 1. The lowest BCUT2D eigenvalue weighted by Crippen LogP contribution is -2.35. The minimum Gasteiger partial charge on any atom is -0.460 e. The molecule has 1 aromatic rings. The first-order valence-electron chi connectivity index (χ1n) is 5.79. The summed E-state index contributed by atoms with van der Waals surface area (Å²) in [6, 6.07) is 9.38. The predicted molar refractivity (Wildman–Crippen MR) is 74.0 cm³/mol. The zero-order valence-electron chi connectivity index (χ0n) is 10.6. The van der Waals surface area contributed by atoms with Crippen LogP contribution in [-0.4, -0.2) is 30.0 Å². The smallest absolute Gasteiger partial charge is 0.407 e. The lowest BCUT2D eigenvalue weighted by atomic mass is 10.2. The summed E-state index contributed by atoms with van der Waals surface area (Å²) < 4.78 is 9.98. The van der Waals surface area contributed by atoms with Crippen molar-refractivity contribution in [2.75, 3.05) is 11.9 Å². The highest BCUT2D eigenvalue weighted by molar-refractivity contribution is 9.09. The van der Waals surface area contributed by atoms with Gasteiger partial charge in [-0.25, -0.2) is 4.79 Å². The van der Waals surface area contributed by atoms with Crippen molar-refractivity contribution < 1.29 is 19.1 Å². The second-order valence-corrected chi connectivity index (χ2v) is 4.48. The first kappa shape index (κ1) is 15.5. The molecular formula is C13H16BrNO4. The molecule has 5 nitrogen and oxygen atoms in total. The SMILES string of the molecule is CC(=O)O[C@H](CBr)CNC(=O)OCc1ccccc1. The van der Waals surface area contributed by atoms with Crippen molar-refractivity contribution in [1.29, 1.82) is 0 Å². The normalized spacial score (nSPS) is 11.5. The number of alkyl halides is 1. The maximum Gasteiger partial charge on any atom is 0.407 e. The Kier molecular flexibility index (Phi) is 6.95. The molecule has 0 unspecified atom stereocenters. The van der Waals surface area contributed by atoms with E-state index in [1.807, 2.05) is 30.3 Å². The molecule has 6 heteroatoms. The van der Waals surface area contributed by atoms with Crippen molar-refractivity contribution in [3.8, 4) is 0 Å². The minimum atomic E-state index is -0.540. The van der Waals surface area contributed by atoms with E-state index in [9.17, 15) is 9.59 Å². The van der Waals surface area contributed by atoms with Crippen LogP contribution in [0.15, 0.2) is 30.3 Å². The highest BCUT2D eigenvalue weighted by Gasteiger charge is 2.12. The zero-order chi connectivity index (χ0) is 14.1. The van der Waals surface area contributed by atoms with Crippen molar-refractivity contribution in [2.24, 2.45) is 0 Å². The van der Waals surface area contributed by atoms with Crippen LogP contribution in [0.1, 0.15) is 12.5 Å². The van der Waals surface area contributed by atoms with Crippen LogP contribution in [0.2, 0.25) is 0 Å². The van der Waals surface area contributed by atoms with E-state index in [1.54, 1.807) is 0 Å². The average molecular weight is 330 g/mol. The van der Waals surface area contributed by atoms with Crippen LogP contribution < -0.4 is 5.32 Å². The summed E-state index contributed by atoms with van der Waals surface area (Å²) in [4.78, 5) is 22.2. The molecule has 0 spiro atoms. The van der Waals surface area contributed by atoms with Gasteiger partial charge in [-0.2, -0.15) is 0 Å². The largest absolute Gasteiger partial charge is 0.460 e. The number of esters is 1. The van der Waals surface area contributed by atoms with Gasteiger partial charge in [0.2, 0.25) is 0 Å². The lowest BCUT2D eigenvalue weighted by Gasteiger charge is -2.15. The number of carbonyl (C=O) groups excluding carboxylic acids is 2. The van der Waals surface area contributed by atoms with Crippen LogP contribution in [0.3, 0.4) is 0 Å². The fourth-order valence-corrected chi connectivity index (χ4v) is 1.69. The van der Waals surface area contributed by atoms with Crippen LogP contribution in [0.25, 0.3) is 0 Å². The molecule has 0 aromatic heterocycles. The van der Waals surface area contributed by atoms with Gasteiger partial charge >= 0.3 is 12.1 Å². The van der Waals surface area contributed by atoms with Crippen molar-refractivity contribution in [1.82, 2.24) is 5.32 Å². The summed E-state index contributed by atoms with van der Waals surface area (Å²) in [7, 11) is 0. The molecule has 1 amide bonds. The van der Waals surface area contributed by atoms with Gasteiger partial charge in [-0.15, -0.1) is 0 Å². The molecule has 1 atom stereocenters. The van der Waals surface area contributed by atoms with Crippen LogP contribution >= 0.6 is 15.9 Å². The summed E-state index contributed by atoms with van der Waals surface area (Å²) in [5.41, 5.74) is 0.912. The molecule has 19 heavy (non-hydrogen) atoms. The van der Waals surface area contributed by atoms with Crippen LogP contribution in [0.4, 0.5) is 4.79 Å². The van der Waals surface area contributed by atoms with E-state index < -0.39 is 12.2 Å². The van der Waals surface area contributed by atoms with Gasteiger partial charge in [0.25, 0.3) is 0 Å². The van der Waals surface area contributed by atoms with Gasteiger partial charge in [0.15, 0.2) is 0 Å². The Morgan fingerprint density at radius 2 is 2.00 bits per heavy atom. The molecule has 0 bridgehead atoms. The third-order valence-corrected chi connectivity index (χ3v) is 2.91. The van der Waals surface area contributed by atoms with Crippen molar-refractivity contribution in [2.45, 2.75) is 19.6 Å². The number of nitrogens with one attached hydrogen (secondary N) is 1. The van der Waals surface area contributed by atoms with Gasteiger partial charge in [0.1, 0.15) is 12.7 Å². The van der Waals surface area contributed by atoms with Crippen molar-refractivity contribution >= 4 is 28.0 Å². The Bertz CT molecular complexity index is 410. The van der Waals surface area contributed by atoms with Crippen LogP contribution in [0.5, 0.6) is 0 Å². The summed E-state index contributed by atoms with van der Waals surface area (Å²) in [6.45, 7) is 1.74. The zero-order valence-corrected chi connectivity index (χ0v) is 12.2. The Morgan fingerprint density at radius 1 is 1.32 bits per heavy atom. The van der Waals surface area contributed by atoms with Gasteiger partial charge in [-0.1, -0.05) is 46.3 Å². The van der Waals surface area contributed by atoms with Crippen LogP contribution in [-0.2, 0) is 20.9 Å². The second-order valence-electron chi connectivity index (χ2n) is 3.83. The van der Waals surface area contributed by atoms with Gasteiger partial charge in [-0.05, 0) is 5.56 Å². The maximum absolute atomic E-state index is 11.4. The van der Waals surface area contributed by atoms with E-state index >= 15 is 0 Å². The van der Waals surface area contributed by atoms with E-state index in [4.69, 9.17) is 9.47 Å². The molecule has 0 aliphatic rings. The number of alkyl carbamates (subject to hydrolysis) is 1. The molecular weight excluding hydrogens is 314 g/mol. The Morgan fingerprint density at radius 3 is 2.58 bits per heavy atom. The van der Waals surface area contributed by atoms with E-state index in [2.05, 4.69) is 21.2 Å². The molecule has 1 aromatic carbocycles. The Labute approximate surface area is 120 Å². The number of halogens is 1. The minimum absolute atomic E-state index is 0.207. The summed E-state index contributed by atoms with van der Waals surface area (Å²) in [6.07, 6.45) is -0.941. The van der Waals surface area contributed by atoms with Crippen molar-refractivity contribution in [3.05, 3.63) is 35.9 Å². The molecule has 0 aliphatic heterocycles. The highest BCUT2D eigenvalue weighted by Crippen LogP contribution is 2.01. The van der Waals surface area contributed by atoms with Gasteiger partial charge in [0, 0.05) is 12.3 Å². The lowest BCUT2D eigenvalue weighted by molar-refractivity contribution is -0.144. The Balaban J connectivity index is 2.25. The summed E-state index contributed by atoms with van der Waals surface area (Å²) in [5.74, 6) is -0.385. The molecule has 1 rings (SSSR count). The highest BCUT2D eigenvalue weighted by atomic mass is 79.9. The molecule has 104 valence electrons. The number of ether oxygens (including phenoxy) is 2. The fourth-order valence-electron chi connectivity index (χ4n) is 1.33. The molecule has 0 radical (unpaired) electrons. The molecule has 0 saturated heterocycles. The summed E-state index contributed by atoms with van der Waals surface area (Å²) >= 11 is 3.20. The third-order valence-electron chi connectivity index (χ3n) is 2.19. The van der Waals surface area contributed by atoms with Crippen molar-refractivity contribution in [3.63, 3.8) is 0 Å². The average Bonchev–Trinajstić information content (AvgIpc) is 2.42. The molecule has 0 fully saturated rings. The standard InChI is InChI=1S/C13H16BrNO4/c1-10(16)19-12(7-14)8-15-13(17)18-9-11-5-3-2-4-6-11/h2-6,12H,7-9H2,1H3,(H,15,17)/t12-/m1/s1. The van der Waals surface area contributed by atoms with E-state index in [1.165, 1.54) is 6.92 Å². The second kappa shape index (κ2) is 8.53. The quantitative estimate of drug-likeness (QED) is 0.642. The van der Waals surface area contributed by atoms with E-state index in [-0.39, 0.29) is 19.1 Å². The number of hydrogen-bond acceptors (Lipinski definition) is 4. The van der Waals surface area contributed by atoms with E-state index in [0.717, 1.165) is 5.56 Å². The molecule has 0 heterocycles. The molecule has 0 aliphatic carbocycles. The number of carbonyl (C=O) groups is 2. The first-order valence-corrected chi connectivity index (χ1v) is 6.91. The van der Waals surface area contributed by atoms with Gasteiger partial charge in [0.05, 0.1) is 6.54 Å². The van der Waals surface area contributed by atoms with Gasteiger partial charge in [-0.3, -0.25) is 4.79 Å². The monoisotopic (exact) mass is 329 g/mol. The Hall–Kier alpha value is -1.56. The topological polar surface area (TPSA) is 64.6 Å². The van der Waals surface area contributed by atoms with Gasteiger partial charge < -0.3 is 14.8 Å². The first-order chi connectivity index (χ1) is 9.11. The van der Waals surface area contributed by atoms with E-state index in [0.29, 0.717) is 5.33 Å². The third kappa shape index (κ3) is 6.81. The molecule has 0 saturated carbocycles.